The monoisotopic (exact) mass is 285 g/mol. The number of hydrogen-bond acceptors (Lipinski definition) is 3. The van der Waals surface area contributed by atoms with Gasteiger partial charge in [0, 0.05) is 12.5 Å². The summed E-state index contributed by atoms with van der Waals surface area (Å²) in [5.41, 5.74) is 8.29. The molecule has 2 rings (SSSR count). The Morgan fingerprint density at radius 1 is 1.05 bits per heavy atom. The molecule has 3 heteroatoms. The number of methoxy groups -OCH3 is 1. The fourth-order valence-electron chi connectivity index (χ4n) is 2.64. The van der Waals surface area contributed by atoms with Gasteiger partial charge in [-0.05, 0) is 42.1 Å². The van der Waals surface area contributed by atoms with Crippen LogP contribution in [0.15, 0.2) is 54.6 Å². The third-order valence-electron chi connectivity index (χ3n) is 3.95. The van der Waals surface area contributed by atoms with Crippen LogP contribution in [0.5, 0.6) is 5.75 Å². The summed E-state index contributed by atoms with van der Waals surface area (Å²) in [5, 5.41) is 9.63. The molecule has 0 radical (unpaired) electrons. The highest BCUT2D eigenvalue weighted by Gasteiger charge is 2.22. The maximum Gasteiger partial charge on any atom is 0.118 e. The Morgan fingerprint density at radius 2 is 1.71 bits per heavy atom. The Morgan fingerprint density at radius 3 is 2.24 bits per heavy atom. The molecule has 0 saturated heterocycles. The van der Waals surface area contributed by atoms with Crippen LogP contribution in [0.1, 0.15) is 17.0 Å². The zero-order chi connectivity index (χ0) is 15.1. The van der Waals surface area contributed by atoms with E-state index in [1.807, 2.05) is 30.3 Å². The fraction of sp³-hybridized carbons (Fsp3) is 0.333. The summed E-state index contributed by atoms with van der Waals surface area (Å²) in [6.45, 7) is 0.570. The van der Waals surface area contributed by atoms with E-state index >= 15 is 0 Å². The molecule has 2 atom stereocenters. The van der Waals surface area contributed by atoms with E-state index in [9.17, 15) is 5.11 Å². The first-order valence-corrected chi connectivity index (χ1v) is 7.27. The van der Waals surface area contributed by atoms with Crippen molar-refractivity contribution in [1.29, 1.82) is 0 Å². The first-order valence-electron chi connectivity index (χ1n) is 7.27. The molecule has 2 aromatic carbocycles. The molecule has 0 aliphatic carbocycles. The average molecular weight is 285 g/mol. The van der Waals surface area contributed by atoms with Gasteiger partial charge >= 0.3 is 0 Å². The predicted octanol–water partition coefficient (Wildman–Crippen LogP) is 2.59. The van der Waals surface area contributed by atoms with E-state index in [2.05, 4.69) is 24.3 Å². The van der Waals surface area contributed by atoms with Gasteiger partial charge in [-0.2, -0.15) is 0 Å². The summed E-state index contributed by atoms with van der Waals surface area (Å²) in [4.78, 5) is 0. The van der Waals surface area contributed by atoms with Crippen LogP contribution in [-0.4, -0.2) is 25.4 Å². The molecular formula is C18H23NO2. The minimum atomic E-state index is 0.0543. The van der Waals surface area contributed by atoms with E-state index in [0.29, 0.717) is 6.54 Å². The van der Waals surface area contributed by atoms with Crippen LogP contribution < -0.4 is 10.5 Å². The molecule has 0 saturated carbocycles. The molecule has 0 heterocycles. The van der Waals surface area contributed by atoms with Gasteiger partial charge in [-0.3, -0.25) is 0 Å². The molecule has 0 aliphatic rings. The molecule has 2 aromatic rings. The van der Waals surface area contributed by atoms with E-state index in [1.54, 1.807) is 7.11 Å². The molecule has 21 heavy (non-hydrogen) atoms. The van der Waals surface area contributed by atoms with Crippen LogP contribution in [0.2, 0.25) is 0 Å². The van der Waals surface area contributed by atoms with Crippen molar-refractivity contribution >= 4 is 0 Å². The van der Waals surface area contributed by atoms with Gasteiger partial charge in [0.2, 0.25) is 0 Å². The molecule has 0 aliphatic heterocycles. The minimum absolute atomic E-state index is 0.0543. The second-order valence-corrected chi connectivity index (χ2v) is 5.25. The molecule has 0 bridgehead atoms. The SMILES string of the molecule is COc1ccc([C@@H](Cc2ccccc2)[C@H](CN)CO)cc1. The first-order chi connectivity index (χ1) is 10.3. The van der Waals surface area contributed by atoms with Gasteiger partial charge in [-0.15, -0.1) is 0 Å². The topological polar surface area (TPSA) is 55.5 Å². The highest BCUT2D eigenvalue weighted by Crippen LogP contribution is 2.29. The second-order valence-electron chi connectivity index (χ2n) is 5.25. The minimum Gasteiger partial charge on any atom is -0.497 e. The van der Waals surface area contributed by atoms with Crippen molar-refractivity contribution in [2.75, 3.05) is 20.3 Å². The molecule has 0 aromatic heterocycles. The number of rotatable bonds is 7. The third-order valence-corrected chi connectivity index (χ3v) is 3.95. The van der Waals surface area contributed by atoms with E-state index in [4.69, 9.17) is 10.5 Å². The quantitative estimate of drug-likeness (QED) is 0.822. The Bertz CT molecular complexity index is 521. The number of hydrogen-bond donors (Lipinski definition) is 2. The van der Waals surface area contributed by atoms with Gasteiger partial charge in [0.05, 0.1) is 7.11 Å². The number of nitrogens with two attached hydrogens (primary N) is 1. The summed E-state index contributed by atoms with van der Waals surface area (Å²) < 4.78 is 5.21. The number of aliphatic hydroxyl groups is 1. The van der Waals surface area contributed by atoms with E-state index in [1.165, 1.54) is 11.1 Å². The molecule has 0 unspecified atom stereocenters. The Hall–Kier alpha value is -1.84. The van der Waals surface area contributed by atoms with Crippen LogP contribution >= 0.6 is 0 Å². The van der Waals surface area contributed by atoms with E-state index in [0.717, 1.165) is 12.2 Å². The molecule has 3 nitrogen and oxygen atoms in total. The summed E-state index contributed by atoms with van der Waals surface area (Å²) in [7, 11) is 1.66. The van der Waals surface area contributed by atoms with Gasteiger partial charge < -0.3 is 15.6 Å². The normalized spacial score (nSPS) is 13.7. The number of ether oxygens (including phenoxy) is 1. The average Bonchev–Trinajstić information content (AvgIpc) is 2.56. The Labute approximate surface area is 126 Å². The van der Waals surface area contributed by atoms with Crippen LogP contribution in [0.25, 0.3) is 0 Å². The largest absolute Gasteiger partial charge is 0.497 e. The lowest BCUT2D eigenvalue weighted by Crippen LogP contribution is -2.26. The van der Waals surface area contributed by atoms with Crippen molar-refractivity contribution in [1.82, 2.24) is 0 Å². The van der Waals surface area contributed by atoms with Crippen LogP contribution in [0, 0.1) is 5.92 Å². The van der Waals surface area contributed by atoms with Crippen LogP contribution in [0.3, 0.4) is 0 Å². The number of aliphatic hydroxyl groups excluding tert-OH is 1. The van der Waals surface area contributed by atoms with Gasteiger partial charge in [0.25, 0.3) is 0 Å². The molecule has 0 spiro atoms. The van der Waals surface area contributed by atoms with Crippen LogP contribution in [-0.2, 0) is 6.42 Å². The third kappa shape index (κ3) is 4.06. The maximum absolute atomic E-state index is 9.63. The standard InChI is InChI=1S/C18H23NO2/c1-21-17-9-7-15(8-10-17)18(16(12-19)13-20)11-14-5-3-2-4-6-14/h2-10,16,18,20H,11-13,19H2,1H3/t16-,18-/m1/s1. The molecular weight excluding hydrogens is 262 g/mol. The Balaban J connectivity index is 2.26. The summed E-state index contributed by atoms with van der Waals surface area (Å²) >= 11 is 0. The van der Waals surface area contributed by atoms with E-state index in [-0.39, 0.29) is 18.4 Å². The van der Waals surface area contributed by atoms with Crippen molar-refractivity contribution in [2.45, 2.75) is 12.3 Å². The lowest BCUT2D eigenvalue weighted by atomic mass is 9.82. The summed E-state index contributed by atoms with van der Waals surface area (Å²) in [6.07, 6.45) is 0.871. The second kappa shape index (κ2) is 7.81. The highest BCUT2D eigenvalue weighted by molar-refractivity contribution is 5.31. The van der Waals surface area contributed by atoms with E-state index < -0.39 is 0 Å². The smallest absolute Gasteiger partial charge is 0.118 e. The van der Waals surface area contributed by atoms with Crippen molar-refractivity contribution in [3.63, 3.8) is 0 Å². The Kier molecular flexibility index (Phi) is 5.78. The first kappa shape index (κ1) is 15.5. The van der Waals surface area contributed by atoms with Gasteiger partial charge in [-0.1, -0.05) is 42.5 Å². The highest BCUT2D eigenvalue weighted by atomic mass is 16.5. The lowest BCUT2D eigenvalue weighted by Gasteiger charge is -2.25. The van der Waals surface area contributed by atoms with Crippen molar-refractivity contribution < 1.29 is 9.84 Å². The molecule has 0 fully saturated rings. The van der Waals surface area contributed by atoms with Gasteiger partial charge in [0.15, 0.2) is 0 Å². The van der Waals surface area contributed by atoms with Crippen molar-refractivity contribution in [3.8, 4) is 5.75 Å². The van der Waals surface area contributed by atoms with Gasteiger partial charge in [-0.25, -0.2) is 0 Å². The molecule has 0 amide bonds. The van der Waals surface area contributed by atoms with Gasteiger partial charge in [0.1, 0.15) is 5.75 Å². The fourth-order valence-corrected chi connectivity index (χ4v) is 2.64. The van der Waals surface area contributed by atoms with Crippen molar-refractivity contribution in [3.05, 3.63) is 65.7 Å². The molecule has 3 N–H and O–H groups in total. The molecule has 112 valence electrons. The van der Waals surface area contributed by atoms with Crippen LogP contribution in [0.4, 0.5) is 0 Å². The zero-order valence-corrected chi connectivity index (χ0v) is 12.4. The summed E-state index contributed by atoms with van der Waals surface area (Å²) in [5.74, 6) is 1.09. The number of benzene rings is 2. The predicted molar refractivity (Wildman–Crippen MR) is 85.5 cm³/mol. The maximum atomic E-state index is 9.63. The lowest BCUT2D eigenvalue weighted by molar-refractivity contribution is 0.207. The summed E-state index contributed by atoms with van der Waals surface area (Å²) in [6, 6.07) is 18.3. The zero-order valence-electron chi connectivity index (χ0n) is 12.4. The van der Waals surface area contributed by atoms with Crippen molar-refractivity contribution in [2.24, 2.45) is 11.7 Å².